The van der Waals surface area contributed by atoms with Crippen molar-refractivity contribution >= 4 is 12.4 Å². The number of halogens is 2. The van der Waals surface area contributed by atoms with Crippen molar-refractivity contribution in [2.75, 3.05) is 13.1 Å². The van der Waals surface area contributed by atoms with Gasteiger partial charge in [0.15, 0.2) is 0 Å². The molecule has 1 rings (SSSR count). The van der Waals surface area contributed by atoms with Gasteiger partial charge in [-0.15, -0.1) is 12.4 Å². The predicted molar refractivity (Wildman–Crippen MR) is 98.7 cm³/mol. The number of benzene rings is 1. The fraction of sp³-hybridized carbons (Fsp3) is 0.684. The van der Waals surface area contributed by atoms with Crippen LogP contribution < -0.4 is 5.32 Å². The lowest BCUT2D eigenvalue weighted by atomic mass is 10.1. The van der Waals surface area contributed by atoms with E-state index in [1.807, 2.05) is 0 Å². The molecule has 0 spiro atoms. The first-order valence-electron chi connectivity index (χ1n) is 8.88. The summed E-state index contributed by atoms with van der Waals surface area (Å²) in [6, 6.07) is 6.09. The molecular weight excluding hydrogens is 313 g/mol. The van der Waals surface area contributed by atoms with Gasteiger partial charge in [-0.2, -0.15) is 0 Å². The Bertz CT molecular complexity index is 372. The number of aliphatic hydroxyl groups is 1. The lowest BCUT2D eigenvalue weighted by Gasteiger charge is -2.11. The Hall–Kier alpha value is -0.640. The van der Waals surface area contributed by atoms with E-state index in [4.69, 9.17) is 0 Å². The summed E-state index contributed by atoms with van der Waals surface area (Å²) in [4.78, 5) is 0. The summed E-state index contributed by atoms with van der Waals surface area (Å²) < 4.78 is 12.8. The molecule has 0 aliphatic heterocycles. The number of rotatable bonds is 13. The smallest absolute Gasteiger partial charge is 0.123 e. The molecule has 0 saturated heterocycles. The molecule has 0 bridgehead atoms. The van der Waals surface area contributed by atoms with Crippen LogP contribution in [0.5, 0.6) is 0 Å². The largest absolute Gasteiger partial charge is 0.388 e. The van der Waals surface area contributed by atoms with Crippen LogP contribution in [-0.4, -0.2) is 18.2 Å². The highest BCUT2D eigenvalue weighted by molar-refractivity contribution is 5.85. The SMILES string of the molecule is CCCCCCCCCCNCCC(O)c1ccc(F)cc1.Cl. The molecule has 0 aliphatic rings. The van der Waals surface area contributed by atoms with E-state index in [1.165, 1.54) is 63.5 Å². The standard InChI is InChI=1S/C19H32FNO.ClH/c1-2-3-4-5-6-7-8-9-15-21-16-14-19(22)17-10-12-18(20)13-11-17;/h10-13,19,21-22H,2-9,14-16H2,1H3;1H. The van der Waals surface area contributed by atoms with E-state index in [0.717, 1.165) is 18.7 Å². The number of nitrogens with one attached hydrogen (secondary N) is 1. The second kappa shape index (κ2) is 14.9. The minimum atomic E-state index is -0.508. The molecule has 2 nitrogen and oxygen atoms in total. The van der Waals surface area contributed by atoms with E-state index < -0.39 is 6.10 Å². The lowest BCUT2D eigenvalue weighted by molar-refractivity contribution is 0.167. The van der Waals surface area contributed by atoms with Crippen LogP contribution in [0.4, 0.5) is 4.39 Å². The maximum atomic E-state index is 12.8. The minimum absolute atomic E-state index is 0. The Morgan fingerprint density at radius 3 is 2.09 bits per heavy atom. The summed E-state index contributed by atoms with van der Waals surface area (Å²) in [5, 5.41) is 13.4. The summed E-state index contributed by atoms with van der Waals surface area (Å²) in [5.74, 6) is -0.260. The topological polar surface area (TPSA) is 32.3 Å². The molecule has 1 unspecified atom stereocenters. The second-order valence-corrected chi connectivity index (χ2v) is 6.08. The molecule has 0 radical (unpaired) electrons. The normalized spacial score (nSPS) is 12.0. The Kier molecular flexibility index (Phi) is 14.5. The molecule has 0 saturated carbocycles. The third kappa shape index (κ3) is 11.5. The van der Waals surface area contributed by atoms with Gasteiger partial charge in [-0.1, -0.05) is 64.0 Å². The predicted octanol–water partition coefficient (Wildman–Crippen LogP) is 5.40. The minimum Gasteiger partial charge on any atom is -0.388 e. The summed E-state index contributed by atoms with van der Waals surface area (Å²) in [6.07, 6.45) is 10.8. The molecule has 1 aromatic carbocycles. The molecule has 1 aromatic rings. The van der Waals surface area contributed by atoms with E-state index >= 15 is 0 Å². The summed E-state index contributed by atoms with van der Waals surface area (Å²) in [6.45, 7) is 4.07. The van der Waals surface area contributed by atoms with Gasteiger partial charge >= 0.3 is 0 Å². The quantitative estimate of drug-likeness (QED) is 0.469. The van der Waals surface area contributed by atoms with Crippen molar-refractivity contribution in [3.05, 3.63) is 35.6 Å². The zero-order chi connectivity index (χ0) is 16.0. The average molecular weight is 346 g/mol. The Morgan fingerprint density at radius 2 is 1.48 bits per heavy atom. The van der Waals surface area contributed by atoms with Crippen LogP contribution in [0.3, 0.4) is 0 Å². The van der Waals surface area contributed by atoms with Crippen LogP contribution in [0.15, 0.2) is 24.3 Å². The monoisotopic (exact) mass is 345 g/mol. The van der Waals surface area contributed by atoms with Crippen LogP contribution in [-0.2, 0) is 0 Å². The van der Waals surface area contributed by atoms with Gasteiger partial charge in [0, 0.05) is 0 Å². The van der Waals surface area contributed by atoms with E-state index in [1.54, 1.807) is 12.1 Å². The first kappa shape index (κ1) is 22.4. The molecule has 0 aliphatic carbocycles. The van der Waals surface area contributed by atoms with Gasteiger partial charge < -0.3 is 10.4 Å². The maximum absolute atomic E-state index is 12.8. The molecule has 0 amide bonds. The maximum Gasteiger partial charge on any atom is 0.123 e. The summed E-state index contributed by atoms with van der Waals surface area (Å²) >= 11 is 0. The zero-order valence-corrected chi connectivity index (χ0v) is 15.2. The van der Waals surface area contributed by atoms with Crippen LogP contribution in [0.1, 0.15) is 76.4 Å². The number of unbranched alkanes of at least 4 members (excludes halogenated alkanes) is 7. The highest BCUT2D eigenvalue weighted by atomic mass is 35.5. The fourth-order valence-corrected chi connectivity index (χ4v) is 2.60. The molecule has 134 valence electrons. The highest BCUT2D eigenvalue weighted by Crippen LogP contribution is 2.16. The van der Waals surface area contributed by atoms with Gasteiger partial charge in [0.1, 0.15) is 5.82 Å². The van der Waals surface area contributed by atoms with E-state index in [0.29, 0.717) is 6.42 Å². The van der Waals surface area contributed by atoms with Crippen molar-refractivity contribution in [1.82, 2.24) is 5.32 Å². The van der Waals surface area contributed by atoms with Gasteiger partial charge in [-0.05, 0) is 43.6 Å². The fourth-order valence-electron chi connectivity index (χ4n) is 2.60. The van der Waals surface area contributed by atoms with Crippen molar-refractivity contribution in [3.8, 4) is 0 Å². The molecule has 0 fully saturated rings. The average Bonchev–Trinajstić information content (AvgIpc) is 2.53. The number of hydrogen-bond acceptors (Lipinski definition) is 2. The number of aliphatic hydroxyl groups excluding tert-OH is 1. The Morgan fingerprint density at radius 1 is 0.913 bits per heavy atom. The number of hydrogen-bond donors (Lipinski definition) is 2. The second-order valence-electron chi connectivity index (χ2n) is 6.08. The van der Waals surface area contributed by atoms with Crippen LogP contribution >= 0.6 is 12.4 Å². The third-order valence-electron chi connectivity index (χ3n) is 4.06. The van der Waals surface area contributed by atoms with Crippen LogP contribution in [0.25, 0.3) is 0 Å². The van der Waals surface area contributed by atoms with Gasteiger partial charge in [-0.3, -0.25) is 0 Å². The van der Waals surface area contributed by atoms with Crippen molar-refractivity contribution in [1.29, 1.82) is 0 Å². The molecule has 2 N–H and O–H groups in total. The Labute approximate surface area is 147 Å². The van der Waals surface area contributed by atoms with Crippen molar-refractivity contribution in [3.63, 3.8) is 0 Å². The Balaban J connectivity index is 0.00000484. The summed E-state index contributed by atoms with van der Waals surface area (Å²) in [7, 11) is 0. The molecule has 1 atom stereocenters. The van der Waals surface area contributed by atoms with Crippen molar-refractivity contribution < 1.29 is 9.50 Å². The first-order chi connectivity index (χ1) is 10.7. The van der Waals surface area contributed by atoms with Gasteiger partial charge in [0.2, 0.25) is 0 Å². The van der Waals surface area contributed by atoms with Crippen molar-refractivity contribution in [2.45, 2.75) is 70.8 Å². The van der Waals surface area contributed by atoms with Gasteiger partial charge in [-0.25, -0.2) is 4.39 Å². The summed E-state index contributed by atoms with van der Waals surface area (Å²) in [5.41, 5.74) is 0.787. The van der Waals surface area contributed by atoms with Gasteiger partial charge in [0.05, 0.1) is 6.10 Å². The van der Waals surface area contributed by atoms with E-state index in [-0.39, 0.29) is 18.2 Å². The lowest BCUT2D eigenvalue weighted by Crippen LogP contribution is -2.18. The third-order valence-corrected chi connectivity index (χ3v) is 4.06. The highest BCUT2D eigenvalue weighted by Gasteiger charge is 2.06. The molecular formula is C19H33ClFNO. The van der Waals surface area contributed by atoms with E-state index in [9.17, 15) is 9.50 Å². The van der Waals surface area contributed by atoms with Crippen LogP contribution in [0, 0.1) is 5.82 Å². The molecule has 0 heterocycles. The molecule has 0 aromatic heterocycles. The van der Waals surface area contributed by atoms with Crippen molar-refractivity contribution in [2.24, 2.45) is 0 Å². The molecule has 4 heteroatoms. The zero-order valence-electron chi connectivity index (χ0n) is 14.4. The van der Waals surface area contributed by atoms with Crippen LogP contribution in [0.2, 0.25) is 0 Å². The molecule has 23 heavy (non-hydrogen) atoms. The first-order valence-corrected chi connectivity index (χ1v) is 8.88. The van der Waals surface area contributed by atoms with Gasteiger partial charge in [0.25, 0.3) is 0 Å². The van der Waals surface area contributed by atoms with E-state index in [2.05, 4.69) is 12.2 Å².